The van der Waals surface area contributed by atoms with Gasteiger partial charge in [0.1, 0.15) is 0 Å². The second kappa shape index (κ2) is 5.61. The van der Waals surface area contributed by atoms with Gasteiger partial charge in [0.05, 0.1) is 4.90 Å². The lowest BCUT2D eigenvalue weighted by atomic mass is 9.97. The summed E-state index contributed by atoms with van der Waals surface area (Å²) < 4.78 is 27.8. The second-order valence-electron chi connectivity index (χ2n) is 6.34. The third-order valence-corrected chi connectivity index (χ3v) is 7.17. The number of nitrogens with two attached hydrogens (primary N) is 1. The van der Waals surface area contributed by atoms with E-state index in [1.54, 1.807) is 29.4 Å². The predicted molar refractivity (Wildman–Crippen MR) is 84.5 cm³/mol. The van der Waals surface area contributed by atoms with Crippen LogP contribution < -0.4 is 5.73 Å². The molecule has 1 atom stereocenters. The van der Waals surface area contributed by atoms with Crippen LogP contribution >= 0.6 is 0 Å². The van der Waals surface area contributed by atoms with Crippen molar-refractivity contribution in [2.45, 2.75) is 56.4 Å². The summed E-state index contributed by atoms with van der Waals surface area (Å²) in [6.45, 7) is 2.45. The van der Waals surface area contributed by atoms with Crippen LogP contribution in [-0.2, 0) is 10.0 Å². The van der Waals surface area contributed by atoms with Gasteiger partial charge >= 0.3 is 0 Å². The maximum absolute atomic E-state index is 13.0. The molecule has 1 unspecified atom stereocenters. The van der Waals surface area contributed by atoms with Crippen molar-refractivity contribution in [1.29, 1.82) is 0 Å². The van der Waals surface area contributed by atoms with E-state index >= 15 is 0 Å². The Kier molecular flexibility index (Phi) is 3.97. The summed E-state index contributed by atoms with van der Waals surface area (Å²) in [6, 6.07) is 5.37. The first-order valence-electron chi connectivity index (χ1n) is 7.89. The zero-order chi connectivity index (χ0) is 15.0. The van der Waals surface area contributed by atoms with Crippen molar-refractivity contribution in [2.75, 3.05) is 12.3 Å². The van der Waals surface area contributed by atoms with Crippen molar-refractivity contribution in [3.8, 4) is 0 Å². The number of anilines is 1. The quantitative estimate of drug-likeness (QED) is 0.873. The van der Waals surface area contributed by atoms with Crippen LogP contribution in [0.1, 0.15) is 44.1 Å². The lowest BCUT2D eigenvalue weighted by Crippen LogP contribution is -2.39. The zero-order valence-corrected chi connectivity index (χ0v) is 13.4. The molecule has 5 heteroatoms. The third kappa shape index (κ3) is 2.57. The van der Waals surface area contributed by atoms with Crippen LogP contribution in [0, 0.1) is 12.8 Å². The van der Waals surface area contributed by atoms with Crippen molar-refractivity contribution in [2.24, 2.45) is 5.92 Å². The molecule has 2 aliphatic rings. The average molecular weight is 308 g/mol. The number of nitrogens with zero attached hydrogens (tertiary/aromatic N) is 1. The smallest absolute Gasteiger partial charge is 0.243 e. The molecule has 0 spiro atoms. The normalized spacial score (nSPS) is 24.7. The topological polar surface area (TPSA) is 63.4 Å². The number of sulfonamides is 1. The molecule has 116 valence electrons. The van der Waals surface area contributed by atoms with Gasteiger partial charge in [-0.2, -0.15) is 4.31 Å². The van der Waals surface area contributed by atoms with Crippen LogP contribution in [0.5, 0.6) is 0 Å². The summed E-state index contributed by atoms with van der Waals surface area (Å²) in [5.41, 5.74) is 7.11. The van der Waals surface area contributed by atoms with Crippen LogP contribution in [0.4, 0.5) is 5.69 Å². The van der Waals surface area contributed by atoms with E-state index in [-0.39, 0.29) is 6.04 Å². The minimum absolute atomic E-state index is 0.193. The van der Waals surface area contributed by atoms with Gasteiger partial charge in [0.15, 0.2) is 0 Å². The van der Waals surface area contributed by atoms with Crippen LogP contribution in [0.2, 0.25) is 0 Å². The van der Waals surface area contributed by atoms with E-state index in [1.165, 1.54) is 25.7 Å². The highest BCUT2D eigenvalue weighted by molar-refractivity contribution is 7.89. The van der Waals surface area contributed by atoms with Gasteiger partial charge in [0.2, 0.25) is 10.0 Å². The van der Waals surface area contributed by atoms with E-state index < -0.39 is 10.0 Å². The number of benzene rings is 1. The van der Waals surface area contributed by atoms with Gasteiger partial charge in [-0.3, -0.25) is 0 Å². The molecule has 1 saturated heterocycles. The average Bonchev–Trinajstić information content (AvgIpc) is 3.11. The maximum Gasteiger partial charge on any atom is 0.243 e. The highest BCUT2D eigenvalue weighted by Gasteiger charge is 2.40. The van der Waals surface area contributed by atoms with Crippen LogP contribution in [-0.4, -0.2) is 25.3 Å². The highest BCUT2D eigenvalue weighted by atomic mass is 32.2. The molecular formula is C16H24N2O2S. The molecule has 1 aliphatic carbocycles. The molecule has 2 N–H and O–H groups in total. The highest BCUT2D eigenvalue weighted by Crippen LogP contribution is 2.38. The summed E-state index contributed by atoms with van der Waals surface area (Å²) >= 11 is 0. The number of hydrogen-bond acceptors (Lipinski definition) is 3. The largest absolute Gasteiger partial charge is 0.398 e. The number of hydrogen-bond donors (Lipinski definition) is 1. The molecule has 1 aliphatic heterocycles. The molecule has 2 fully saturated rings. The Bertz CT molecular complexity index is 621. The SMILES string of the molecule is Cc1c(N)cccc1S(=O)(=O)N1CCCC1C1CCCC1. The van der Waals surface area contributed by atoms with Crippen molar-refractivity contribution in [1.82, 2.24) is 4.31 Å². The summed E-state index contributed by atoms with van der Waals surface area (Å²) in [5.74, 6) is 0.545. The molecule has 1 saturated carbocycles. The van der Waals surface area contributed by atoms with E-state index in [9.17, 15) is 8.42 Å². The van der Waals surface area contributed by atoms with Crippen molar-refractivity contribution in [3.63, 3.8) is 0 Å². The Balaban J connectivity index is 1.95. The summed E-state index contributed by atoms with van der Waals surface area (Å²) in [5, 5.41) is 0. The van der Waals surface area contributed by atoms with Gasteiger partial charge in [-0.15, -0.1) is 0 Å². The molecular weight excluding hydrogens is 284 g/mol. The molecule has 1 aromatic carbocycles. The van der Waals surface area contributed by atoms with Gasteiger partial charge in [-0.25, -0.2) is 8.42 Å². The number of nitrogen functional groups attached to an aromatic ring is 1. The van der Waals surface area contributed by atoms with E-state index in [2.05, 4.69) is 0 Å². The molecule has 3 rings (SSSR count). The first-order valence-corrected chi connectivity index (χ1v) is 9.33. The minimum Gasteiger partial charge on any atom is -0.398 e. The Morgan fingerprint density at radius 1 is 1.14 bits per heavy atom. The molecule has 0 amide bonds. The van der Waals surface area contributed by atoms with Crippen molar-refractivity contribution in [3.05, 3.63) is 23.8 Å². The minimum atomic E-state index is -3.43. The molecule has 0 bridgehead atoms. The summed E-state index contributed by atoms with van der Waals surface area (Å²) in [4.78, 5) is 0.382. The fourth-order valence-corrected chi connectivity index (χ4v) is 5.93. The molecule has 1 heterocycles. The van der Waals surface area contributed by atoms with Gasteiger partial charge in [-0.1, -0.05) is 18.9 Å². The first-order chi connectivity index (χ1) is 10.0. The molecule has 21 heavy (non-hydrogen) atoms. The molecule has 1 aromatic rings. The van der Waals surface area contributed by atoms with Gasteiger partial charge in [0.25, 0.3) is 0 Å². The van der Waals surface area contributed by atoms with Gasteiger partial charge < -0.3 is 5.73 Å². The predicted octanol–water partition coefficient (Wildman–Crippen LogP) is 2.92. The maximum atomic E-state index is 13.0. The molecule has 0 radical (unpaired) electrons. The first kappa shape index (κ1) is 14.9. The lowest BCUT2D eigenvalue weighted by Gasteiger charge is -2.29. The van der Waals surface area contributed by atoms with Crippen molar-refractivity contribution >= 4 is 15.7 Å². The third-order valence-electron chi connectivity index (χ3n) is 5.10. The standard InChI is InChI=1S/C16H24N2O2S/c1-12-14(17)8-4-10-16(12)21(19,20)18-11-5-9-15(18)13-6-2-3-7-13/h4,8,10,13,15H,2-3,5-7,9,11,17H2,1H3. The van der Waals surface area contributed by atoms with Gasteiger partial charge in [-0.05, 0) is 56.2 Å². The van der Waals surface area contributed by atoms with Crippen LogP contribution in [0.25, 0.3) is 0 Å². The Morgan fingerprint density at radius 2 is 1.86 bits per heavy atom. The lowest BCUT2D eigenvalue weighted by molar-refractivity contribution is 0.288. The zero-order valence-electron chi connectivity index (χ0n) is 12.6. The van der Waals surface area contributed by atoms with E-state index in [1.807, 2.05) is 0 Å². The van der Waals surface area contributed by atoms with Gasteiger partial charge in [0, 0.05) is 18.3 Å². The summed E-state index contributed by atoms with van der Waals surface area (Å²) in [7, 11) is -3.43. The fraction of sp³-hybridized carbons (Fsp3) is 0.625. The Labute approximate surface area is 127 Å². The van der Waals surface area contributed by atoms with E-state index in [0.717, 1.165) is 12.8 Å². The van der Waals surface area contributed by atoms with Crippen molar-refractivity contribution < 1.29 is 8.42 Å². The molecule has 4 nitrogen and oxygen atoms in total. The second-order valence-corrected chi connectivity index (χ2v) is 8.20. The number of rotatable bonds is 3. The Morgan fingerprint density at radius 3 is 2.57 bits per heavy atom. The molecule has 0 aromatic heterocycles. The Hall–Kier alpha value is -1.07. The van der Waals surface area contributed by atoms with E-state index in [0.29, 0.717) is 28.6 Å². The van der Waals surface area contributed by atoms with E-state index in [4.69, 9.17) is 5.73 Å². The monoisotopic (exact) mass is 308 g/mol. The van der Waals surface area contributed by atoms with Crippen LogP contribution in [0.3, 0.4) is 0 Å². The fourth-order valence-electron chi connectivity index (χ4n) is 3.91. The summed E-state index contributed by atoms with van der Waals surface area (Å²) in [6.07, 6.45) is 6.81. The van der Waals surface area contributed by atoms with Crippen LogP contribution in [0.15, 0.2) is 23.1 Å².